The van der Waals surface area contributed by atoms with Crippen LogP contribution in [0.4, 0.5) is 0 Å². The molecule has 0 amide bonds. The maximum Gasteiger partial charge on any atom is 2.00 e. The zero-order valence-electron chi connectivity index (χ0n) is 41.4. The van der Waals surface area contributed by atoms with Crippen LogP contribution in [-0.4, -0.2) is 34.5 Å². The predicted octanol–water partition coefficient (Wildman–Crippen LogP) is 15.0. The first-order valence-corrected chi connectivity index (χ1v) is 23.1. The number of hydrogen-bond acceptors (Lipinski definition) is 2. The molecule has 0 aliphatic heterocycles. The summed E-state index contributed by atoms with van der Waals surface area (Å²) in [4.78, 5) is 22.3. The molecule has 0 bridgehead atoms. The van der Waals surface area contributed by atoms with Crippen molar-refractivity contribution in [3.05, 3.63) is 11.8 Å². The monoisotopic (exact) mass is 741 g/mol. The minimum atomic E-state index is -2.35. The SMILES string of the molecule is CC(C)(C)[Si](O)(C(C)(C)C)C(C)(C)C.CC(C)(C)[Si](O)(C(C)(C)C)C(C)(C)C.CC(C)(C)[Si]([NH-])(C(C)(C)C)C(C)(C)C.[2H][C-]1C([2H])([2H])C1([2H])[2H].[Ti+2]. The van der Waals surface area contributed by atoms with E-state index in [1.54, 1.807) is 0 Å². The van der Waals surface area contributed by atoms with Crippen LogP contribution in [-0.2, 0) is 21.7 Å². The van der Waals surface area contributed by atoms with Gasteiger partial charge >= 0.3 is 21.7 Å². The maximum atomic E-state index is 11.2. The molecule has 1 rings (SSSR count). The third kappa shape index (κ3) is 12.8. The first-order chi connectivity index (χ1) is 20.7. The van der Waals surface area contributed by atoms with Crippen LogP contribution in [0.1, 0.15) is 207 Å². The topological polar surface area (TPSA) is 64.3 Å². The molecule has 278 valence electrons. The molecule has 1 aliphatic rings. The molecule has 1 aliphatic carbocycles. The summed E-state index contributed by atoms with van der Waals surface area (Å²) >= 11 is 0. The Morgan fingerprint density at radius 2 is 0.522 bits per heavy atom. The van der Waals surface area contributed by atoms with Crippen LogP contribution in [0.2, 0.25) is 45.3 Å². The van der Waals surface area contributed by atoms with E-state index < -0.39 is 44.0 Å². The summed E-state index contributed by atoms with van der Waals surface area (Å²) in [5.41, 5.74) is 0. The van der Waals surface area contributed by atoms with Gasteiger partial charge in [-0.15, -0.1) is 0 Å². The van der Waals surface area contributed by atoms with Gasteiger partial charge in [0.1, 0.15) is 0 Å². The molecule has 1 fully saturated rings. The van der Waals surface area contributed by atoms with Crippen molar-refractivity contribution in [1.29, 1.82) is 0 Å². The predicted molar refractivity (Wildman–Crippen MR) is 217 cm³/mol. The fourth-order valence-electron chi connectivity index (χ4n) is 10.1. The zero-order chi connectivity index (χ0) is 42.6. The van der Waals surface area contributed by atoms with Crippen molar-refractivity contribution < 1.29 is 38.2 Å². The van der Waals surface area contributed by atoms with Gasteiger partial charge in [-0.25, -0.2) is 14.1 Å². The summed E-state index contributed by atoms with van der Waals surface area (Å²) in [6, 6.07) is 0. The molecule has 0 radical (unpaired) electrons. The van der Waals surface area contributed by atoms with Crippen molar-refractivity contribution in [2.75, 3.05) is 0 Å². The fourth-order valence-corrected chi connectivity index (χ4v) is 30.4. The molecule has 0 aromatic rings. The van der Waals surface area contributed by atoms with Crippen LogP contribution < -0.4 is 0 Å². The van der Waals surface area contributed by atoms with Gasteiger partial charge in [0.05, 0.1) is 0 Å². The third-order valence-corrected chi connectivity index (χ3v) is 29.8. The molecule has 1 saturated carbocycles. The van der Waals surface area contributed by atoms with Crippen LogP contribution in [0.25, 0.3) is 5.40 Å². The van der Waals surface area contributed by atoms with Crippen molar-refractivity contribution in [2.24, 2.45) is 0 Å². The molecule has 0 atom stereocenters. The van der Waals surface area contributed by atoms with E-state index in [0.29, 0.717) is 0 Å². The Morgan fingerprint density at radius 1 is 0.413 bits per heavy atom. The molecule has 0 unspecified atom stereocenters. The van der Waals surface area contributed by atoms with E-state index in [9.17, 15) is 9.59 Å². The van der Waals surface area contributed by atoms with Crippen molar-refractivity contribution in [1.82, 2.24) is 0 Å². The molecular formula is C39H89NO2Si3Ti. The van der Waals surface area contributed by atoms with E-state index >= 15 is 0 Å². The van der Waals surface area contributed by atoms with Crippen molar-refractivity contribution >= 4 is 24.9 Å². The summed E-state index contributed by atoms with van der Waals surface area (Å²) in [5, 5.41) is 9.50. The largest absolute Gasteiger partial charge is 2.00 e. The third-order valence-electron chi connectivity index (χ3n) is 10.0. The Bertz CT molecular complexity index is 850. The molecule has 0 aromatic heterocycles. The number of nitrogens with one attached hydrogen (secondary N) is 1. The molecule has 0 spiro atoms. The first-order valence-electron chi connectivity index (χ1n) is 19.7. The van der Waals surface area contributed by atoms with E-state index in [1.165, 1.54) is 0 Å². The Morgan fingerprint density at radius 3 is 0.522 bits per heavy atom. The van der Waals surface area contributed by atoms with E-state index in [1.807, 2.05) is 0 Å². The molecule has 0 aromatic carbocycles. The maximum absolute atomic E-state index is 11.2. The van der Waals surface area contributed by atoms with Crippen molar-refractivity contribution in [3.63, 3.8) is 0 Å². The summed E-state index contributed by atoms with van der Waals surface area (Å²) < 4.78 is 33.6. The van der Waals surface area contributed by atoms with Crippen LogP contribution in [0.15, 0.2) is 0 Å². The average molecular weight is 741 g/mol. The number of hydrogen-bond donors (Lipinski definition) is 2. The van der Waals surface area contributed by atoms with E-state index in [2.05, 4.69) is 187 Å². The summed E-state index contributed by atoms with van der Waals surface area (Å²) in [6.07, 6.45) is -4.40. The van der Waals surface area contributed by atoms with Gasteiger partial charge in [0.25, 0.3) is 0 Å². The Labute approximate surface area is 318 Å². The molecule has 0 saturated heterocycles. The van der Waals surface area contributed by atoms with Crippen LogP contribution in [0, 0.1) is 6.40 Å². The van der Waals surface area contributed by atoms with Crippen LogP contribution in [0.3, 0.4) is 0 Å². The zero-order valence-corrected chi connectivity index (χ0v) is 41.0. The Balaban J connectivity index is -0.000000291. The van der Waals surface area contributed by atoms with E-state index in [0.717, 1.165) is 0 Å². The summed E-state index contributed by atoms with van der Waals surface area (Å²) in [5.74, 6) is 0. The van der Waals surface area contributed by atoms with Crippen LogP contribution in [0.5, 0.6) is 0 Å². The number of rotatable bonds is 0. The standard InChI is InChI=1S/C12H28NSi.2C12H28OSi.C3H5.Ti/c3*1-10(2,3)14(13,11(4,5)6)12(7,8)9;1-2-3-1;/h3*13H,1-9H3;1H,2-3H2;/q-1;;;-1;+2/i;;;1D,2D2,3D2;. The van der Waals surface area contributed by atoms with Gasteiger partial charge in [-0.2, -0.15) is 0 Å². The normalized spacial score (nSPS) is 20.3. The smallest absolute Gasteiger partial charge is 0.678 e. The quantitative estimate of drug-likeness (QED) is 0.192. The fraction of sp³-hybridized carbons (Fsp3) is 0.974. The van der Waals surface area contributed by atoms with Crippen molar-refractivity contribution in [3.8, 4) is 0 Å². The van der Waals surface area contributed by atoms with Gasteiger partial charge in [0.2, 0.25) is 16.6 Å². The Hall–Kier alpha value is 1.24. The van der Waals surface area contributed by atoms with E-state index in [4.69, 9.17) is 12.3 Å². The van der Waals surface area contributed by atoms with Gasteiger partial charge in [0, 0.05) is 0 Å². The van der Waals surface area contributed by atoms with Gasteiger partial charge in [-0.05, 0) is 43.9 Å². The average Bonchev–Trinajstić information content (AvgIpc) is 3.11. The van der Waals surface area contributed by atoms with Crippen molar-refractivity contribution in [2.45, 2.75) is 245 Å². The van der Waals surface area contributed by atoms with Gasteiger partial charge < -0.3 is 21.4 Å². The van der Waals surface area contributed by atoms with Gasteiger partial charge in [-0.1, -0.05) is 202 Å². The molecule has 0 heterocycles. The minimum Gasteiger partial charge on any atom is -0.678 e. The van der Waals surface area contributed by atoms with Gasteiger partial charge in [0.15, 0.2) is 0 Å². The molecule has 3 nitrogen and oxygen atoms in total. The van der Waals surface area contributed by atoms with Crippen LogP contribution >= 0.6 is 0 Å². The van der Waals surface area contributed by atoms with Gasteiger partial charge in [-0.3, -0.25) is 0 Å². The second-order valence-corrected chi connectivity index (χ2v) is 40.6. The Kier molecular flexibility index (Phi) is 15.4. The summed E-state index contributed by atoms with van der Waals surface area (Å²) in [6.45, 7) is 59.3. The van der Waals surface area contributed by atoms with E-state index in [-0.39, 0.29) is 67.1 Å². The molecule has 46 heavy (non-hydrogen) atoms. The molecule has 7 heteroatoms. The molecule has 3 N–H and O–H groups in total. The minimum absolute atomic E-state index is 0. The first kappa shape index (κ1) is 43.4. The second-order valence-electron chi connectivity index (χ2n) is 22.8. The second kappa shape index (κ2) is 16.3. The molecular weight excluding hydrogens is 647 g/mol. The summed E-state index contributed by atoms with van der Waals surface area (Å²) in [7, 11) is -6.81.